The molecule has 0 bridgehead atoms. The maximum absolute atomic E-state index is 13.3. The second-order valence-electron chi connectivity index (χ2n) is 10.0. The Morgan fingerprint density at radius 1 is 1.02 bits per heavy atom. The molecule has 1 aromatic heterocycles. The molecule has 0 radical (unpaired) electrons. The second-order valence-corrected chi connectivity index (χ2v) is 13.7. The highest BCUT2D eigenvalue weighted by Gasteiger charge is 2.43. The lowest BCUT2D eigenvalue weighted by atomic mass is 10.0. The van der Waals surface area contributed by atoms with Crippen molar-refractivity contribution in [3.63, 3.8) is 0 Å². The number of aromatic nitrogens is 2. The molecule has 21 heteroatoms. The van der Waals surface area contributed by atoms with Crippen molar-refractivity contribution in [3.8, 4) is 11.5 Å². The van der Waals surface area contributed by atoms with Crippen LogP contribution in [-0.4, -0.2) is 58.9 Å². The highest BCUT2D eigenvalue weighted by atomic mass is 79.9. The Hall–Kier alpha value is -3.12. The number of aromatic amines is 1. The zero-order valence-electron chi connectivity index (χ0n) is 24.2. The van der Waals surface area contributed by atoms with Gasteiger partial charge in [-0.1, -0.05) is 44.0 Å². The average Bonchev–Trinajstić information content (AvgIpc) is 3.35. The zero-order valence-corrected chi connectivity index (χ0v) is 29.2. The summed E-state index contributed by atoms with van der Waals surface area (Å²) < 4.78 is 47.3. The number of nitrogens with one attached hydrogen (secondary N) is 3. The van der Waals surface area contributed by atoms with Gasteiger partial charge in [-0.3, -0.25) is 43.1 Å². The molecule has 4 rings (SSSR count). The van der Waals surface area contributed by atoms with Gasteiger partial charge in [0.25, 0.3) is 5.56 Å². The van der Waals surface area contributed by atoms with Gasteiger partial charge in [0, 0.05) is 48.1 Å². The van der Waals surface area contributed by atoms with Crippen LogP contribution in [0.3, 0.4) is 0 Å². The minimum atomic E-state index is -4.94. The maximum atomic E-state index is 13.3. The molecule has 254 valence electrons. The first-order valence-corrected chi connectivity index (χ1v) is 18.7. The summed E-state index contributed by atoms with van der Waals surface area (Å²) >= 11 is 6.05. The fourth-order valence-electron chi connectivity index (χ4n) is 4.56. The predicted molar refractivity (Wildman–Crippen MR) is 174 cm³/mol. The number of halogens is 2. The normalized spacial score (nSPS) is 19.1. The van der Waals surface area contributed by atoms with Crippen LogP contribution in [0.5, 0.6) is 11.5 Å². The standard InChI is InChI=1S/C26H28Br2N4O13P2/c1-14-13-32(26(36)31-25(14)35)24-10-21(45-47(40,41)44-17-4-2-3-16(8-17)29-22(33)11-27)20(42-24)7-15-5-6-18(43-46(37,38)39)9-19(15)30-23(34)12-28/h2-6,8-9,13,20-21,24H,7,10-12H2,1H3,(H,29,33)(H,30,34)(H,40,41)(H,31,35,36)(H2,37,38,39). The number of carbonyl (C=O) groups is 2. The van der Waals surface area contributed by atoms with Crippen molar-refractivity contribution in [1.82, 2.24) is 9.55 Å². The smallest absolute Gasteiger partial charge is 0.404 e. The number of hydrogen-bond donors (Lipinski definition) is 6. The van der Waals surface area contributed by atoms with E-state index in [1.807, 2.05) is 0 Å². The fraction of sp³-hybridized carbons (Fsp3) is 0.308. The highest BCUT2D eigenvalue weighted by Crippen LogP contribution is 2.49. The molecule has 4 atom stereocenters. The van der Waals surface area contributed by atoms with E-state index in [0.29, 0.717) is 5.56 Å². The quantitative estimate of drug-likeness (QED) is 0.107. The third-order valence-electron chi connectivity index (χ3n) is 6.49. The Balaban J connectivity index is 1.66. The van der Waals surface area contributed by atoms with E-state index in [2.05, 4.69) is 52.0 Å². The number of aryl methyl sites for hydroxylation is 1. The van der Waals surface area contributed by atoms with Crippen LogP contribution < -0.4 is 30.9 Å². The number of phosphoric ester groups is 2. The number of ether oxygens (including phenoxy) is 1. The summed E-state index contributed by atoms with van der Waals surface area (Å²) in [5, 5.41) is 5.03. The lowest BCUT2D eigenvalue weighted by molar-refractivity contribution is -0.114. The van der Waals surface area contributed by atoms with E-state index in [-0.39, 0.29) is 57.8 Å². The van der Waals surface area contributed by atoms with E-state index in [9.17, 15) is 43.0 Å². The first-order valence-electron chi connectivity index (χ1n) is 13.4. The van der Waals surface area contributed by atoms with Gasteiger partial charge < -0.3 is 24.4 Å². The van der Waals surface area contributed by atoms with Gasteiger partial charge in [-0.25, -0.2) is 13.9 Å². The largest absolute Gasteiger partial charge is 0.527 e. The monoisotopic (exact) mass is 824 g/mol. The fourth-order valence-corrected chi connectivity index (χ4v) is 6.22. The van der Waals surface area contributed by atoms with Crippen molar-refractivity contribution in [2.45, 2.75) is 38.2 Å². The van der Waals surface area contributed by atoms with Crippen LogP contribution in [0, 0.1) is 6.92 Å². The van der Waals surface area contributed by atoms with Crippen LogP contribution in [0.25, 0.3) is 0 Å². The summed E-state index contributed by atoms with van der Waals surface area (Å²) in [7, 11) is -9.86. The summed E-state index contributed by atoms with van der Waals surface area (Å²) in [4.78, 5) is 80.0. The van der Waals surface area contributed by atoms with E-state index in [0.717, 1.165) is 4.57 Å². The second kappa shape index (κ2) is 15.4. The van der Waals surface area contributed by atoms with E-state index in [4.69, 9.17) is 13.8 Å². The summed E-state index contributed by atoms with van der Waals surface area (Å²) in [6.45, 7) is 1.47. The third-order valence-corrected chi connectivity index (χ3v) is 8.93. The molecule has 1 saturated heterocycles. The van der Waals surface area contributed by atoms with Gasteiger partial charge in [0.15, 0.2) is 0 Å². The number of anilines is 2. The number of alkyl halides is 2. The van der Waals surface area contributed by atoms with E-state index >= 15 is 0 Å². The van der Waals surface area contributed by atoms with Gasteiger partial charge in [-0.15, -0.1) is 0 Å². The first-order chi connectivity index (χ1) is 22.1. The Kier molecular flexibility index (Phi) is 12.0. The molecule has 0 aliphatic carbocycles. The van der Waals surface area contributed by atoms with Crippen LogP contribution >= 0.6 is 47.5 Å². The minimum absolute atomic E-state index is 0.0166. The lowest BCUT2D eigenvalue weighted by Crippen LogP contribution is -2.33. The zero-order chi connectivity index (χ0) is 34.5. The molecular weight excluding hydrogens is 798 g/mol. The molecule has 0 spiro atoms. The summed E-state index contributed by atoms with van der Waals surface area (Å²) in [6.07, 6.45) is -2.43. The number of H-pyrrole nitrogens is 1. The summed E-state index contributed by atoms with van der Waals surface area (Å²) in [5.74, 6) is -1.26. The predicted octanol–water partition coefficient (Wildman–Crippen LogP) is 3.08. The first kappa shape index (κ1) is 36.7. The van der Waals surface area contributed by atoms with Gasteiger partial charge in [0.2, 0.25) is 11.8 Å². The lowest BCUT2D eigenvalue weighted by Gasteiger charge is -2.23. The van der Waals surface area contributed by atoms with E-state index in [1.165, 1.54) is 55.6 Å². The van der Waals surface area contributed by atoms with Crippen molar-refractivity contribution in [1.29, 1.82) is 0 Å². The molecule has 1 fully saturated rings. The molecule has 2 heterocycles. The molecule has 0 saturated carbocycles. The average molecular weight is 826 g/mol. The van der Waals surface area contributed by atoms with Gasteiger partial charge in [0.1, 0.15) is 23.8 Å². The Bertz CT molecular complexity index is 1860. The summed E-state index contributed by atoms with van der Waals surface area (Å²) in [5.41, 5.74) is -0.524. The molecule has 1 aliphatic heterocycles. The van der Waals surface area contributed by atoms with E-state index in [1.54, 1.807) is 0 Å². The molecule has 3 aromatic rings. The number of carbonyl (C=O) groups excluding carboxylic acids is 2. The van der Waals surface area contributed by atoms with E-state index < -0.39 is 51.2 Å². The number of phosphoric acid groups is 2. The maximum Gasteiger partial charge on any atom is 0.527 e. The summed E-state index contributed by atoms with van der Waals surface area (Å²) in [6, 6.07) is 9.48. The molecule has 4 unspecified atom stereocenters. The molecular formula is C26H28Br2N4O13P2. The Morgan fingerprint density at radius 2 is 1.70 bits per heavy atom. The van der Waals surface area contributed by atoms with Crippen molar-refractivity contribution < 1.29 is 51.7 Å². The number of amides is 2. The molecule has 6 N–H and O–H groups in total. The molecule has 1 aliphatic rings. The van der Waals surface area contributed by atoms with Crippen molar-refractivity contribution in [2.75, 3.05) is 21.3 Å². The van der Waals surface area contributed by atoms with Crippen LogP contribution in [0.15, 0.2) is 58.3 Å². The Labute approximate surface area is 282 Å². The number of benzene rings is 2. The van der Waals surface area contributed by atoms with Crippen molar-refractivity contribution >= 4 is 70.7 Å². The molecule has 2 aromatic carbocycles. The van der Waals surface area contributed by atoms with Gasteiger partial charge in [-0.05, 0) is 30.7 Å². The number of rotatable bonds is 13. The molecule has 47 heavy (non-hydrogen) atoms. The topological polar surface area (TPSA) is 245 Å². The SMILES string of the molecule is Cc1cn(C2CC(OP(=O)(O)Oc3cccc(NC(=O)CBr)c3)C(Cc3ccc(OP(=O)(O)O)cc3NC(=O)CBr)O2)c(=O)[nH]c1=O. The highest BCUT2D eigenvalue weighted by molar-refractivity contribution is 9.09. The third kappa shape index (κ3) is 10.4. The van der Waals surface area contributed by atoms with Crippen LogP contribution in [0.1, 0.15) is 23.8 Å². The van der Waals surface area contributed by atoms with Crippen LogP contribution in [0.2, 0.25) is 0 Å². The molecule has 17 nitrogen and oxygen atoms in total. The molecule has 2 amide bonds. The van der Waals surface area contributed by atoms with Gasteiger partial charge in [0.05, 0.1) is 16.8 Å². The number of nitrogens with zero attached hydrogens (tertiary/aromatic N) is 1. The van der Waals surface area contributed by atoms with Crippen molar-refractivity contribution in [3.05, 3.63) is 80.6 Å². The van der Waals surface area contributed by atoms with Gasteiger partial charge in [-0.2, -0.15) is 0 Å². The Morgan fingerprint density at radius 3 is 2.38 bits per heavy atom. The van der Waals surface area contributed by atoms with Crippen LogP contribution in [0.4, 0.5) is 11.4 Å². The van der Waals surface area contributed by atoms with Crippen LogP contribution in [-0.2, 0) is 34.4 Å². The van der Waals surface area contributed by atoms with Gasteiger partial charge >= 0.3 is 21.3 Å². The van der Waals surface area contributed by atoms with Crippen molar-refractivity contribution in [2.24, 2.45) is 0 Å². The minimum Gasteiger partial charge on any atom is -0.404 e. The number of hydrogen-bond acceptors (Lipinski definition) is 10.